The van der Waals surface area contributed by atoms with Crippen molar-refractivity contribution in [3.05, 3.63) is 24.0 Å². The number of carbonyl (C=O) groups excluding carboxylic acids is 1. The third-order valence-electron chi connectivity index (χ3n) is 3.49. The van der Waals surface area contributed by atoms with Crippen molar-refractivity contribution >= 4 is 11.6 Å². The number of carbonyl (C=O) groups is 1. The Morgan fingerprint density at radius 3 is 3.22 bits per heavy atom. The molecule has 1 aromatic rings. The lowest BCUT2D eigenvalue weighted by Gasteiger charge is -2.34. The number of hydrogen-bond donors (Lipinski definition) is 2. The molecule has 1 aliphatic rings. The molecule has 5 heteroatoms. The largest absolute Gasteiger partial charge is 0.369 e. The molecule has 1 amide bonds. The van der Waals surface area contributed by atoms with Gasteiger partial charge in [-0.2, -0.15) is 0 Å². The summed E-state index contributed by atoms with van der Waals surface area (Å²) in [6.45, 7) is 2.21. The van der Waals surface area contributed by atoms with Gasteiger partial charge in [0.15, 0.2) is 0 Å². The van der Waals surface area contributed by atoms with Crippen LogP contribution in [0, 0.1) is 5.92 Å². The van der Waals surface area contributed by atoms with Crippen LogP contribution < -0.4 is 16.0 Å². The summed E-state index contributed by atoms with van der Waals surface area (Å²) in [7, 11) is 1.69. The van der Waals surface area contributed by atoms with Gasteiger partial charge >= 0.3 is 0 Å². The third kappa shape index (κ3) is 2.61. The molecule has 1 unspecified atom stereocenters. The smallest absolute Gasteiger partial charge is 0.224 e. The molecule has 3 N–H and O–H groups in total. The van der Waals surface area contributed by atoms with Gasteiger partial charge in [-0.05, 0) is 24.5 Å². The molecule has 0 aromatic carbocycles. The van der Waals surface area contributed by atoms with Gasteiger partial charge in [0.25, 0.3) is 0 Å². The number of piperidine rings is 1. The summed E-state index contributed by atoms with van der Waals surface area (Å²) >= 11 is 0. The number of nitrogens with two attached hydrogens (primary N) is 1. The second-order valence-electron chi connectivity index (χ2n) is 4.61. The highest BCUT2D eigenvalue weighted by molar-refractivity contribution is 5.79. The predicted octanol–water partition coefficient (Wildman–Crippen LogP) is 0.503. The van der Waals surface area contributed by atoms with Crippen molar-refractivity contribution in [1.82, 2.24) is 10.3 Å². The van der Waals surface area contributed by atoms with E-state index in [1.54, 1.807) is 13.2 Å². The molecule has 2 rings (SSSR count). The standard InChI is InChI=1S/C13H20N4O/c1-15-13(18)11-3-2-6-17(9-11)12-8-16-5-4-10(12)7-14/h4-5,8,11H,2-3,6-7,9,14H2,1H3,(H,15,18). The Morgan fingerprint density at radius 2 is 2.50 bits per heavy atom. The minimum absolute atomic E-state index is 0.0644. The molecule has 1 saturated heterocycles. The maximum absolute atomic E-state index is 11.7. The zero-order chi connectivity index (χ0) is 13.0. The molecule has 0 spiro atoms. The molecule has 1 fully saturated rings. The topological polar surface area (TPSA) is 71.2 Å². The normalized spacial score (nSPS) is 19.7. The monoisotopic (exact) mass is 248 g/mol. The van der Waals surface area contributed by atoms with Crippen LogP contribution in [0.3, 0.4) is 0 Å². The molecule has 1 aromatic heterocycles. The third-order valence-corrected chi connectivity index (χ3v) is 3.49. The first-order valence-electron chi connectivity index (χ1n) is 6.35. The predicted molar refractivity (Wildman–Crippen MR) is 71.1 cm³/mol. The van der Waals surface area contributed by atoms with E-state index >= 15 is 0 Å². The van der Waals surface area contributed by atoms with Crippen molar-refractivity contribution < 1.29 is 4.79 Å². The summed E-state index contributed by atoms with van der Waals surface area (Å²) in [5.41, 5.74) is 7.89. The van der Waals surface area contributed by atoms with Gasteiger partial charge in [0, 0.05) is 32.9 Å². The Labute approximate surface area is 107 Å². The number of pyridine rings is 1. The van der Waals surface area contributed by atoms with E-state index in [-0.39, 0.29) is 11.8 Å². The summed E-state index contributed by atoms with van der Waals surface area (Å²) in [4.78, 5) is 18.1. The molecule has 0 bridgehead atoms. The van der Waals surface area contributed by atoms with Gasteiger partial charge in [-0.3, -0.25) is 9.78 Å². The highest BCUT2D eigenvalue weighted by Crippen LogP contribution is 2.25. The number of rotatable bonds is 3. The van der Waals surface area contributed by atoms with Gasteiger partial charge in [-0.25, -0.2) is 0 Å². The molecule has 0 radical (unpaired) electrons. The Balaban J connectivity index is 2.15. The van der Waals surface area contributed by atoms with Crippen molar-refractivity contribution in [3.63, 3.8) is 0 Å². The minimum atomic E-state index is 0.0644. The number of hydrogen-bond acceptors (Lipinski definition) is 4. The highest BCUT2D eigenvalue weighted by Gasteiger charge is 2.26. The Kier molecular flexibility index (Phi) is 4.15. The number of nitrogens with one attached hydrogen (secondary N) is 1. The van der Waals surface area contributed by atoms with E-state index in [9.17, 15) is 4.79 Å². The fourth-order valence-corrected chi connectivity index (χ4v) is 2.49. The SMILES string of the molecule is CNC(=O)C1CCCN(c2cnccc2CN)C1. The van der Waals surface area contributed by atoms with Crippen LogP contribution in [0.5, 0.6) is 0 Å². The van der Waals surface area contributed by atoms with E-state index in [2.05, 4.69) is 15.2 Å². The summed E-state index contributed by atoms with van der Waals surface area (Å²) in [6, 6.07) is 1.94. The Hall–Kier alpha value is -1.62. The highest BCUT2D eigenvalue weighted by atomic mass is 16.1. The van der Waals surface area contributed by atoms with Crippen LogP contribution in [0.25, 0.3) is 0 Å². The van der Waals surface area contributed by atoms with E-state index in [1.807, 2.05) is 12.3 Å². The lowest BCUT2D eigenvalue weighted by atomic mass is 9.96. The van der Waals surface area contributed by atoms with Gasteiger partial charge in [0.1, 0.15) is 0 Å². The number of aromatic nitrogens is 1. The van der Waals surface area contributed by atoms with Crippen LogP contribution in [0.4, 0.5) is 5.69 Å². The lowest BCUT2D eigenvalue weighted by Crippen LogP contribution is -2.42. The van der Waals surface area contributed by atoms with E-state index < -0.39 is 0 Å². The van der Waals surface area contributed by atoms with Crippen LogP contribution in [0.2, 0.25) is 0 Å². The molecular weight excluding hydrogens is 228 g/mol. The van der Waals surface area contributed by atoms with Crippen LogP contribution in [0.1, 0.15) is 18.4 Å². The zero-order valence-corrected chi connectivity index (χ0v) is 10.7. The molecule has 5 nitrogen and oxygen atoms in total. The minimum Gasteiger partial charge on any atom is -0.369 e. The summed E-state index contributed by atoms with van der Waals surface area (Å²) < 4.78 is 0. The van der Waals surface area contributed by atoms with E-state index in [1.165, 1.54) is 0 Å². The van der Waals surface area contributed by atoms with Crippen molar-refractivity contribution in [1.29, 1.82) is 0 Å². The molecule has 0 aliphatic carbocycles. The fraction of sp³-hybridized carbons (Fsp3) is 0.538. The van der Waals surface area contributed by atoms with E-state index in [4.69, 9.17) is 5.73 Å². The second-order valence-corrected chi connectivity index (χ2v) is 4.61. The van der Waals surface area contributed by atoms with E-state index in [0.29, 0.717) is 6.54 Å². The first-order valence-corrected chi connectivity index (χ1v) is 6.35. The maximum Gasteiger partial charge on any atom is 0.224 e. The van der Waals surface area contributed by atoms with Gasteiger partial charge in [-0.15, -0.1) is 0 Å². The molecule has 18 heavy (non-hydrogen) atoms. The van der Waals surface area contributed by atoms with Crippen molar-refractivity contribution in [3.8, 4) is 0 Å². The van der Waals surface area contributed by atoms with Gasteiger partial charge < -0.3 is 16.0 Å². The van der Waals surface area contributed by atoms with Crippen LogP contribution in [0.15, 0.2) is 18.5 Å². The molecule has 98 valence electrons. The average Bonchev–Trinajstić information content (AvgIpc) is 2.46. The van der Waals surface area contributed by atoms with Crippen LogP contribution in [-0.2, 0) is 11.3 Å². The average molecular weight is 248 g/mol. The summed E-state index contributed by atoms with van der Waals surface area (Å²) in [5.74, 6) is 0.187. The zero-order valence-electron chi connectivity index (χ0n) is 10.7. The van der Waals surface area contributed by atoms with Crippen molar-refractivity contribution in [2.24, 2.45) is 11.7 Å². The van der Waals surface area contributed by atoms with Crippen LogP contribution >= 0.6 is 0 Å². The van der Waals surface area contributed by atoms with Gasteiger partial charge in [0.2, 0.25) is 5.91 Å². The van der Waals surface area contributed by atoms with Crippen molar-refractivity contribution in [2.75, 3.05) is 25.0 Å². The van der Waals surface area contributed by atoms with Crippen LogP contribution in [-0.4, -0.2) is 31.0 Å². The van der Waals surface area contributed by atoms with Crippen molar-refractivity contribution in [2.45, 2.75) is 19.4 Å². The molecule has 0 saturated carbocycles. The summed E-state index contributed by atoms with van der Waals surface area (Å²) in [5, 5.41) is 2.73. The number of nitrogens with zero attached hydrogens (tertiary/aromatic N) is 2. The molecule has 2 heterocycles. The lowest BCUT2D eigenvalue weighted by molar-refractivity contribution is -0.124. The van der Waals surface area contributed by atoms with E-state index in [0.717, 1.165) is 37.2 Å². The fourth-order valence-electron chi connectivity index (χ4n) is 2.49. The number of amides is 1. The molecule has 1 atom stereocenters. The summed E-state index contributed by atoms with van der Waals surface area (Å²) in [6.07, 6.45) is 5.58. The molecule has 1 aliphatic heterocycles. The first-order chi connectivity index (χ1) is 8.76. The Bertz CT molecular complexity index is 421. The first kappa shape index (κ1) is 12.8. The number of anilines is 1. The Morgan fingerprint density at radius 1 is 1.67 bits per heavy atom. The van der Waals surface area contributed by atoms with Gasteiger partial charge in [-0.1, -0.05) is 0 Å². The second kappa shape index (κ2) is 5.82. The van der Waals surface area contributed by atoms with Gasteiger partial charge in [0.05, 0.1) is 17.8 Å². The quantitative estimate of drug-likeness (QED) is 0.817. The maximum atomic E-state index is 11.7. The molecular formula is C13H20N4O.